The fraction of sp³-hybridized carbons (Fsp3) is 0.542. The van der Waals surface area contributed by atoms with E-state index in [-0.39, 0.29) is 51.9 Å². The smallest absolute Gasteiger partial charge is 0.393 e. The maximum absolute atomic E-state index is 14.6. The Kier molecular flexibility index (Phi) is 5.29. The zero-order valence-corrected chi connectivity index (χ0v) is 19.5. The number of amides is 1. The molecule has 2 aromatic heterocycles. The van der Waals surface area contributed by atoms with E-state index in [0.717, 1.165) is 12.8 Å². The first-order valence-electron chi connectivity index (χ1n) is 12.0. The second kappa shape index (κ2) is 8.19. The number of halogens is 4. The highest BCUT2D eigenvalue weighted by atomic mass is 19.4. The molecule has 0 unspecified atom stereocenters. The fourth-order valence-corrected chi connectivity index (χ4v) is 5.32. The minimum Gasteiger partial charge on any atom is -0.450 e. The molecule has 36 heavy (non-hydrogen) atoms. The molecular weight excluding hydrogens is 482 g/mol. The summed E-state index contributed by atoms with van der Waals surface area (Å²) in [6, 6.07) is 3.78. The lowest BCUT2D eigenvalue weighted by atomic mass is 10.0. The van der Waals surface area contributed by atoms with Crippen LogP contribution in [-0.2, 0) is 11.2 Å². The van der Waals surface area contributed by atoms with Gasteiger partial charge in [0.15, 0.2) is 11.3 Å². The Bertz CT molecular complexity index is 1310. The fourth-order valence-electron chi connectivity index (χ4n) is 5.32. The molecule has 2 saturated heterocycles. The molecule has 3 aromatic rings. The lowest BCUT2D eigenvalue weighted by Gasteiger charge is -2.16. The second-order valence-electron chi connectivity index (χ2n) is 9.97. The number of carbonyl (C=O) groups excluding carboxylic acids is 1. The quantitative estimate of drug-likeness (QED) is 0.478. The molecule has 0 bridgehead atoms. The maximum atomic E-state index is 14.6. The highest BCUT2D eigenvalue weighted by Crippen LogP contribution is 2.55. The molecule has 1 amide bonds. The number of likely N-dealkylation sites (tertiary alicyclic amines) is 1. The van der Waals surface area contributed by atoms with Crippen LogP contribution in [-0.4, -0.2) is 59.0 Å². The van der Waals surface area contributed by atoms with Crippen LogP contribution in [0.1, 0.15) is 43.7 Å². The van der Waals surface area contributed by atoms with E-state index in [2.05, 4.69) is 20.8 Å². The molecule has 4 heterocycles. The largest absolute Gasteiger partial charge is 0.450 e. The van der Waals surface area contributed by atoms with Crippen molar-refractivity contribution in [3.63, 3.8) is 0 Å². The SMILES string of the molecule is CCN1C[C@H](F)[C@H](Nc2cccc3c(CC(F)(F)F)c(-c4noc([C@H]5CC6(CC6)C(=O)N5)n4)oc23)C1. The number of hydrogen-bond donors (Lipinski definition) is 2. The zero-order chi connectivity index (χ0) is 25.2. The van der Waals surface area contributed by atoms with Crippen LogP contribution >= 0.6 is 0 Å². The van der Waals surface area contributed by atoms with Crippen molar-refractivity contribution < 1.29 is 31.3 Å². The van der Waals surface area contributed by atoms with Crippen LogP contribution in [0.5, 0.6) is 0 Å². The number of carbonyl (C=O) groups is 1. The van der Waals surface area contributed by atoms with Gasteiger partial charge in [0, 0.05) is 24.0 Å². The lowest BCUT2D eigenvalue weighted by Crippen LogP contribution is -2.29. The minimum atomic E-state index is -4.52. The number of nitrogens with one attached hydrogen (secondary N) is 2. The van der Waals surface area contributed by atoms with Crippen LogP contribution in [0.15, 0.2) is 27.1 Å². The Morgan fingerprint density at radius 2 is 2.08 bits per heavy atom. The van der Waals surface area contributed by atoms with Gasteiger partial charge in [0.1, 0.15) is 12.2 Å². The Morgan fingerprint density at radius 1 is 1.28 bits per heavy atom. The van der Waals surface area contributed by atoms with Crippen molar-refractivity contribution in [2.75, 3.05) is 25.0 Å². The number of alkyl halides is 4. The van der Waals surface area contributed by atoms with Crippen LogP contribution in [0.2, 0.25) is 0 Å². The van der Waals surface area contributed by atoms with Gasteiger partial charge in [-0.15, -0.1) is 0 Å². The summed E-state index contributed by atoms with van der Waals surface area (Å²) in [5.74, 6) is -0.219. The predicted molar refractivity (Wildman–Crippen MR) is 121 cm³/mol. The van der Waals surface area contributed by atoms with Gasteiger partial charge in [-0.2, -0.15) is 18.2 Å². The van der Waals surface area contributed by atoms with E-state index in [9.17, 15) is 22.4 Å². The molecule has 1 saturated carbocycles. The van der Waals surface area contributed by atoms with Gasteiger partial charge < -0.3 is 19.6 Å². The first-order valence-corrected chi connectivity index (χ1v) is 12.0. The van der Waals surface area contributed by atoms with Crippen molar-refractivity contribution in [3.05, 3.63) is 29.7 Å². The van der Waals surface area contributed by atoms with Crippen molar-refractivity contribution in [1.82, 2.24) is 20.4 Å². The van der Waals surface area contributed by atoms with E-state index in [4.69, 9.17) is 8.94 Å². The van der Waals surface area contributed by atoms with Crippen LogP contribution in [0.25, 0.3) is 22.6 Å². The van der Waals surface area contributed by atoms with E-state index >= 15 is 0 Å². The zero-order valence-electron chi connectivity index (χ0n) is 19.5. The van der Waals surface area contributed by atoms with Gasteiger partial charge in [-0.25, -0.2) is 4.39 Å². The van der Waals surface area contributed by atoms with Gasteiger partial charge in [-0.05, 0) is 31.9 Å². The van der Waals surface area contributed by atoms with E-state index in [0.29, 0.717) is 25.2 Å². The molecule has 2 N–H and O–H groups in total. The predicted octanol–water partition coefficient (Wildman–Crippen LogP) is 4.38. The minimum absolute atomic E-state index is 0.0656. The number of para-hydroxylation sites is 1. The van der Waals surface area contributed by atoms with Gasteiger partial charge in [-0.3, -0.25) is 9.69 Å². The van der Waals surface area contributed by atoms with Crippen molar-refractivity contribution in [2.24, 2.45) is 5.41 Å². The molecule has 3 fully saturated rings. The first-order chi connectivity index (χ1) is 17.2. The lowest BCUT2D eigenvalue weighted by molar-refractivity contribution is -0.127. The number of rotatable bonds is 6. The van der Waals surface area contributed by atoms with Crippen LogP contribution in [0, 0.1) is 5.41 Å². The Balaban J connectivity index is 1.36. The Morgan fingerprint density at radius 3 is 2.75 bits per heavy atom. The highest BCUT2D eigenvalue weighted by molar-refractivity contribution is 5.95. The molecule has 8 nitrogen and oxygen atoms in total. The second-order valence-corrected chi connectivity index (χ2v) is 9.97. The first kappa shape index (κ1) is 23.3. The average Bonchev–Trinajstić information content (AvgIpc) is 3.12. The van der Waals surface area contributed by atoms with Gasteiger partial charge in [-0.1, -0.05) is 24.2 Å². The molecule has 1 aliphatic carbocycles. The summed E-state index contributed by atoms with van der Waals surface area (Å²) < 4.78 is 66.6. The standard InChI is InChI=1S/C24H25F4N5O3/c1-2-33-10-14(25)17(11-33)29-15-5-3-4-12-13(8-24(26,27)28)19(35-18(12)15)20-31-21(36-32-20)16-9-23(6-7-23)22(34)30-16/h3-5,14,16-17,29H,2,6-11H2,1H3,(H,30,34)/t14-,16+,17+/m0/s1. The molecule has 1 aromatic carbocycles. The molecule has 12 heteroatoms. The van der Waals surface area contributed by atoms with E-state index in [1.807, 2.05) is 11.8 Å². The molecule has 3 atom stereocenters. The summed E-state index contributed by atoms with van der Waals surface area (Å²) in [5.41, 5.74) is 0.0605. The average molecular weight is 507 g/mol. The van der Waals surface area contributed by atoms with E-state index in [1.54, 1.807) is 12.1 Å². The monoisotopic (exact) mass is 507 g/mol. The normalized spacial score (nSPS) is 25.7. The Hall–Kier alpha value is -3.15. The molecular formula is C24H25F4N5O3. The summed E-state index contributed by atoms with van der Waals surface area (Å²) in [7, 11) is 0. The van der Waals surface area contributed by atoms with Gasteiger partial charge >= 0.3 is 6.18 Å². The number of fused-ring (bicyclic) bond motifs is 1. The van der Waals surface area contributed by atoms with Crippen LogP contribution in [0.3, 0.4) is 0 Å². The van der Waals surface area contributed by atoms with E-state index in [1.165, 1.54) is 6.07 Å². The van der Waals surface area contributed by atoms with Crippen molar-refractivity contribution in [1.29, 1.82) is 0 Å². The number of hydrogen-bond acceptors (Lipinski definition) is 7. The number of furan rings is 1. The molecule has 0 radical (unpaired) electrons. The molecule has 3 aliphatic rings. The number of likely N-dealkylation sites (N-methyl/N-ethyl adjacent to an activating group) is 1. The van der Waals surface area contributed by atoms with Crippen LogP contribution < -0.4 is 10.6 Å². The summed E-state index contributed by atoms with van der Waals surface area (Å²) >= 11 is 0. The summed E-state index contributed by atoms with van der Waals surface area (Å²) in [4.78, 5) is 18.5. The van der Waals surface area contributed by atoms with Crippen molar-refractivity contribution in [2.45, 2.75) is 57.0 Å². The summed E-state index contributed by atoms with van der Waals surface area (Å²) in [6.45, 7) is 3.40. The number of nitrogens with zero attached hydrogens (tertiary/aromatic N) is 3. The molecule has 1 spiro atoms. The van der Waals surface area contributed by atoms with Gasteiger partial charge in [0.2, 0.25) is 17.6 Å². The van der Waals surface area contributed by atoms with Gasteiger partial charge in [0.25, 0.3) is 0 Å². The Labute approximate surface area is 203 Å². The molecule has 6 rings (SSSR count). The number of anilines is 1. The third-order valence-electron chi connectivity index (χ3n) is 7.49. The van der Waals surface area contributed by atoms with E-state index < -0.39 is 30.9 Å². The number of aromatic nitrogens is 2. The summed E-state index contributed by atoms with van der Waals surface area (Å²) in [5, 5.41) is 10.1. The van der Waals surface area contributed by atoms with Crippen molar-refractivity contribution in [3.8, 4) is 11.6 Å². The number of benzene rings is 1. The molecule has 2 aliphatic heterocycles. The summed E-state index contributed by atoms with van der Waals surface area (Å²) in [6.07, 6.45) is -4.80. The maximum Gasteiger partial charge on any atom is 0.393 e. The van der Waals surface area contributed by atoms with Gasteiger partial charge in [0.05, 0.1) is 23.6 Å². The highest BCUT2D eigenvalue weighted by Gasteiger charge is 2.57. The third-order valence-corrected chi connectivity index (χ3v) is 7.49. The topological polar surface area (TPSA) is 96.4 Å². The van der Waals surface area contributed by atoms with Crippen LogP contribution in [0.4, 0.5) is 23.2 Å². The third kappa shape index (κ3) is 4.00. The van der Waals surface area contributed by atoms with Crippen molar-refractivity contribution >= 4 is 22.6 Å². The molecule has 192 valence electrons.